The number of hydrogen-bond donors (Lipinski definition) is 4. The summed E-state index contributed by atoms with van der Waals surface area (Å²) in [5.41, 5.74) is 0.341. The highest BCUT2D eigenvalue weighted by Gasteiger charge is 2.39. The molecule has 2 aliphatic rings. The van der Waals surface area contributed by atoms with Crippen LogP contribution in [-0.2, 0) is 5.54 Å². The van der Waals surface area contributed by atoms with Gasteiger partial charge in [0.1, 0.15) is 12.3 Å². The highest BCUT2D eigenvalue weighted by atomic mass is 79.9. The van der Waals surface area contributed by atoms with E-state index >= 15 is 0 Å². The maximum atomic E-state index is 13.2. The average molecular weight is 393 g/mol. The van der Waals surface area contributed by atoms with E-state index in [4.69, 9.17) is 5.11 Å². The van der Waals surface area contributed by atoms with Gasteiger partial charge in [0.15, 0.2) is 0 Å². The van der Waals surface area contributed by atoms with E-state index in [1.807, 2.05) is 24.3 Å². The third kappa shape index (κ3) is 4.93. The summed E-state index contributed by atoms with van der Waals surface area (Å²) < 4.78 is 26.4. The third-order valence-electron chi connectivity index (χ3n) is 4.29. The minimum atomic E-state index is -0.874. The van der Waals surface area contributed by atoms with Crippen molar-refractivity contribution in [1.82, 2.24) is 10.6 Å². The van der Waals surface area contributed by atoms with E-state index in [1.165, 1.54) is 0 Å². The molecule has 4 nitrogen and oxygen atoms in total. The van der Waals surface area contributed by atoms with Crippen LogP contribution < -0.4 is 10.6 Å². The van der Waals surface area contributed by atoms with Crippen molar-refractivity contribution in [2.45, 2.75) is 36.8 Å². The zero-order valence-electron chi connectivity index (χ0n) is 12.8. The number of halogens is 3. The van der Waals surface area contributed by atoms with Gasteiger partial charge in [-0.25, -0.2) is 8.78 Å². The van der Waals surface area contributed by atoms with Crippen LogP contribution in [0.2, 0.25) is 0 Å². The summed E-state index contributed by atoms with van der Waals surface area (Å²) >= 11 is 3.35. The molecule has 7 heteroatoms. The highest BCUT2D eigenvalue weighted by molar-refractivity contribution is 9.10. The molecule has 0 bridgehead atoms. The Morgan fingerprint density at radius 2 is 1.83 bits per heavy atom. The van der Waals surface area contributed by atoms with Gasteiger partial charge in [-0.3, -0.25) is 0 Å². The minimum absolute atomic E-state index is 0.00463. The van der Waals surface area contributed by atoms with Crippen molar-refractivity contribution >= 4 is 15.9 Å². The second kappa shape index (κ2) is 8.48. The van der Waals surface area contributed by atoms with E-state index in [1.54, 1.807) is 0 Å². The van der Waals surface area contributed by atoms with E-state index in [9.17, 15) is 13.9 Å². The van der Waals surface area contributed by atoms with Gasteiger partial charge in [0, 0.05) is 30.0 Å². The number of alkyl halides is 2. The molecule has 0 spiro atoms. The van der Waals surface area contributed by atoms with E-state index in [0.717, 1.165) is 10.0 Å². The zero-order chi connectivity index (χ0) is 16.9. The number of aliphatic hydroxyl groups excluding tert-OH is 2. The summed E-state index contributed by atoms with van der Waals surface area (Å²) in [4.78, 5) is 0. The lowest BCUT2D eigenvalue weighted by atomic mass is 9.89. The van der Waals surface area contributed by atoms with Crippen molar-refractivity contribution in [1.29, 1.82) is 0 Å². The van der Waals surface area contributed by atoms with Crippen molar-refractivity contribution in [3.63, 3.8) is 0 Å². The maximum absolute atomic E-state index is 13.2. The Bertz CT molecular complexity index is 491. The molecule has 0 radical (unpaired) electrons. The predicted molar refractivity (Wildman–Crippen MR) is 88.8 cm³/mol. The Balaban J connectivity index is 0.000000203. The van der Waals surface area contributed by atoms with Crippen LogP contribution in [0.4, 0.5) is 8.78 Å². The number of benzene rings is 1. The summed E-state index contributed by atoms with van der Waals surface area (Å²) in [5, 5.41) is 23.8. The van der Waals surface area contributed by atoms with Crippen LogP contribution in [0, 0.1) is 0 Å². The van der Waals surface area contributed by atoms with Gasteiger partial charge in [0.05, 0.1) is 18.8 Å². The molecule has 0 unspecified atom stereocenters. The standard InChI is InChI=1S/C11H13BrFNO.C5H10FNO/c12-9-3-1-8(2-4-9)11(7-15)5-10(13)6-14-11;6-4-1-5(3-8)7-2-4/h1-4,10,14-15H,5-7H2;4-5,7-8H,1-3H2/t10-,11+;4-,5-/m00/s1. The molecule has 2 heterocycles. The topological polar surface area (TPSA) is 64.5 Å². The van der Waals surface area contributed by atoms with Crippen molar-refractivity contribution in [2.75, 3.05) is 26.3 Å². The molecular weight excluding hydrogens is 370 g/mol. The molecule has 2 fully saturated rings. The Kier molecular flexibility index (Phi) is 6.91. The van der Waals surface area contributed by atoms with E-state index in [0.29, 0.717) is 25.9 Å². The van der Waals surface area contributed by atoms with Crippen molar-refractivity contribution < 1.29 is 19.0 Å². The first-order valence-corrected chi connectivity index (χ1v) is 8.52. The fourth-order valence-electron chi connectivity index (χ4n) is 2.94. The number of aliphatic hydroxyl groups is 2. The third-order valence-corrected chi connectivity index (χ3v) is 4.82. The second-order valence-electron chi connectivity index (χ2n) is 6.05. The lowest BCUT2D eigenvalue weighted by Gasteiger charge is -2.27. The largest absolute Gasteiger partial charge is 0.395 e. The smallest absolute Gasteiger partial charge is 0.115 e. The lowest BCUT2D eigenvalue weighted by molar-refractivity contribution is 0.171. The summed E-state index contributed by atoms with van der Waals surface area (Å²) in [6, 6.07) is 7.63. The highest BCUT2D eigenvalue weighted by Crippen LogP contribution is 2.32. The van der Waals surface area contributed by atoms with Gasteiger partial charge in [0.2, 0.25) is 0 Å². The Morgan fingerprint density at radius 1 is 1.13 bits per heavy atom. The molecule has 1 aromatic carbocycles. The summed E-state index contributed by atoms with van der Waals surface area (Å²) in [7, 11) is 0. The van der Waals surface area contributed by atoms with Crippen LogP contribution in [0.25, 0.3) is 0 Å². The SMILES string of the molecule is OC[C@@H]1C[C@H](F)CN1.OC[C@@]1(c2ccc(Br)cc2)C[C@H](F)CN1. The zero-order valence-corrected chi connectivity index (χ0v) is 14.4. The molecule has 2 aliphatic heterocycles. The maximum Gasteiger partial charge on any atom is 0.115 e. The van der Waals surface area contributed by atoms with Gasteiger partial charge in [-0.2, -0.15) is 0 Å². The quantitative estimate of drug-likeness (QED) is 0.631. The molecule has 23 heavy (non-hydrogen) atoms. The van der Waals surface area contributed by atoms with Gasteiger partial charge in [-0.15, -0.1) is 0 Å². The molecule has 4 atom stereocenters. The van der Waals surface area contributed by atoms with E-state index < -0.39 is 17.9 Å². The van der Waals surface area contributed by atoms with Gasteiger partial charge in [0.25, 0.3) is 0 Å². The molecule has 3 rings (SSSR count). The van der Waals surface area contributed by atoms with E-state index in [2.05, 4.69) is 26.6 Å². The van der Waals surface area contributed by atoms with Crippen molar-refractivity contribution in [3.8, 4) is 0 Å². The van der Waals surface area contributed by atoms with Crippen LogP contribution in [-0.4, -0.2) is 54.9 Å². The predicted octanol–water partition coefficient (Wildman–Crippen LogP) is 1.65. The van der Waals surface area contributed by atoms with Crippen molar-refractivity contribution in [3.05, 3.63) is 34.3 Å². The lowest BCUT2D eigenvalue weighted by Crippen LogP contribution is -2.40. The van der Waals surface area contributed by atoms with Gasteiger partial charge in [-0.1, -0.05) is 28.1 Å². The van der Waals surface area contributed by atoms with Crippen molar-refractivity contribution in [2.24, 2.45) is 0 Å². The van der Waals surface area contributed by atoms with Gasteiger partial charge in [-0.05, 0) is 24.1 Å². The Morgan fingerprint density at radius 3 is 2.22 bits per heavy atom. The average Bonchev–Trinajstić information content (AvgIpc) is 3.15. The number of hydrogen-bond acceptors (Lipinski definition) is 4. The Hall–Kier alpha value is -0.600. The molecule has 0 amide bonds. The number of rotatable bonds is 3. The van der Waals surface area contributed by atoms with Crippen LogP contribution in [0.15, 0.2) is 28.7 Å². The molecule has 0 aliphatic carbocycles. The number of nitrogens with one attached hydrogen (secondary N) is 2. The van der Waals surface area contributed by atoms with Gasteiger partial charge < -0.3 is 20.8 Å². The Labute approximate surface area is 143 Å². The monoisotopic (exact) mass is 392 g/mol. The van der Waals surface area contributed by atoms with E-state index in [-0.39, 0.29) is 19.3 Å². The first-order valence-electron chi connectivity index (χ1n) is 7.73. The normalized spacial score (nSPS) is 33.3. The van der Waals surface area contributed by atoms with Crippen LogP contribution in [0.5, 0.6) is 0 Å². The summed E-state index contributed by atoms with van der Waals surface area (Å²) in [5.74, 6) is 0. The van der Waals surface area contributed by atoms with Gasteiger partial charge >= 0.3 is 0 Å². The fourth-order valence-corrected chi connectivity index (χ4v) is 3.20. The van der Waals surface area contributed by atoms with Crippen LogP contribution in [0.3, 0.4) is 0 Å². The molecule has 2 saturated heterocycles. The molecule has 1 aromatic rings. The first-order chi connectivity index (χ1) is 11.0. The minimum Gasteiger partial charge on any atom is -0.395 e. The molecule has 130 valence electrons. The molecular formula is C16H23BrF2N2O2. The van der Waals surface area contributed by atoms with Crippen LogP contribution in [0.1, 0.15) is 18.4 Å². The van der Waals surface area contributed by atoms with Crippen LogP contribution >= 0.6 is 15.9 Å². The molecule has 0 saturated carbocycles. The fraction of sp³-hybridized carbons (Fsp3) is 0.625. The second-order valence-corrected chi connectivity index (χ2v) is 6.97. The molecule has 0 aromatic heterocycles. The first kappa shape index (κ1) is 18.7. The molecule has 4 N–H and O–H groups in total. The summed E-state index contributed by atoms with van der Waals surface area (Å²) in [6.45, 7) is 0.706. The summed E-state index contributed by atoms with van der Waals surface area (Å²) in [6.07, 6.45) is -0.810.